The Kier molecular flexibility index (Phi) is 5.02. The first-order valence-electron chi connectivity index (χ1n) is 7.73. The first-order valence-corrected chi connectivity index (χ1v) is 7.73. The smallest absolute Gasteiger partial charge is 0.214 e. The first-order chi connectivity index (χ1) is 11.4. The molecule has 0 saturated heterocycles. The van der Waals surface area contributed by atoms with Crippen LogP contribution in [0.5, 0.6) is 5.88 Å². The minimum absolute atomic E-state index is 0.115. The highest BCUT2D eigenvalue weighted by molar-refractivity contribution is 5.71. The maximum atomic E-state index is 8.91. The molecule has 0 aliphatic rings. The van der Waals surface area contributed by atoms with Crippen LogP contribution in [0.1, 0.15) is 6.42 Å². The van der Waals surface area contributed by atoms with Gasteiger partial charge >= 0.3 is 0 Å². The van der Waals surface area contributed by atoms with E-state index in [0.29, 0.717) is 18.9 Å². The Balaban J connectivity index is 2.00. The lowest BCUT2D eigenvalue weighted by atomic mass is 10.0. The molecule has 0 atom stereocenters. The number of aliphatic hydroxyl groups is 1. The zero-order chi connectivity index (χ0) is 15.9. The lowest BCUT2D eigenvalue weighted by Gasteiger charge is -2.10. The second-order valence-electron chi connectivity index (χ2n) is 5.24. The predicted molar refractivity (Wildman–Crippen MR) is 92.3 cm³/mol. The van der Waals surface area contributed by atoms with Gasteiger partial charge < -0.3 is 9.84 Å². The van der Waals surface area contributed by atoms with Crippen molar-refractivity contribution in [2.45, 2.75) is 6.42 Å². The summed E-state index contributed by atoms with van der Waals surface area (Å²) < 4.78 is 5.70. The fraction of sp³-hybridized carbons (Fsp3) is 0.150. The summed E-state index contributed by atoms with van der Waals surface area (Å²) in [6.45, 7) is 0.569. The van der Waals surface area contributed by atoms with Crippen molar-refractivity contribution in [3.8, 4) is 28.3 Å². The number of hydrogen-bond donors (Lipinski definition) is 1. The van der Waals surface area contributed by atoms with Gasteiger partial charge in [-0.2, -0.15) is 0 Å². The first kappa shape index (κ1) is 15.3. The van der Waals surface area contributed by atoms with Crippen LogP contribution in [-0.4, -0.2) is 23.3 Å². The fourth-order valence-electron chi connectivity index (χ4n) is 2.37. The maximum Gasteiger partial charge on any atom is 0.214 e. The molecule has 1 N–H and O–H groups in total. The van der Waals surface area contributed by atoms with E-state index in [1.165, 1.54) is 0 Å². The minimum Gasteiger partial charge on any atom is -0.478 e. The zero-order valence-electron chi connectivity index (χ0n) is 12.9. The van der Waals surface area contributed by atoms with Gasteiger partial charge in [0.25, 0.3) is 0 Å². The SMILES string of the molecule is OCCCOc1cc(-c2ccccc2)cc(-c2ccccc2)n1. The zero-order valence-corrected chi connectivity index (χ0v) is 12.9. The number of pyridine rings is 1. The third-order valence-electron chi connectivity index (χ3n) is 3.53. The van der Waals surface area contributed by atoms with Crippen LogP contribution in [0.2, 0.25) is 0 Å². The molecule has 0 spiro atoms. The molecule has 3 rings (SSSR count). The summed E-state index contributed by atoms with van der Waals surface area (Å²) in [6, 6.07) is 24.3. The van der Waals surface area contributed by atoms with Gasteiger partial charge in [-0.05, 0) is 17.2 Å². The second kappa shape index (κ2) is 7.56. The third-order valence-corrected chi connectivity index (χ3v) is 3.53. The Hall–Kier alpha value is -2.65. The number of nitrogens with zero attached hydrogens (tertiary/aromatic N) is 1. The summed E-state index contributed by atoms with van der Waals surface area (Å²) in [5.74, 6) is 0.582. The molecule has 3 aromatic rings. The molecule has 0 amide bonds. The molecule has 0 fully saturated rings. The van der Waals surface area contributed by atoms with Gasteiger partial charge in [0.2, 0.25) is 5.88 Å². The van der Waals surface area contributed by atoms with Gasteiger partial charge in [0.15, 0.2) is 0 Å². The van der Waals surface area contributed by atoms with E-state index in [9.17, 15) is 0 Å². The van der Waals surface area contributed by atoms with Crippen molar-refractivity contribution in [1.82, 2.24) is 4.98 Å². The molecule has 0 bridgehead atoms. The van der Waals surface area contributed by atoms with E-state index in [-0.39, 0.29) is 6.61 Å². The summed E-state index contributed by atoms with van der Waals surface area (Å²) in [4.78, 5) is 4.60. The van der Waals surface area contributed by atoms with E-state index in [1.54, 1.807) is 0 Å². The van der Waals surface area contributed by atoms with Gasteiger partial charge in [0.05, 0.1) is 12.3 Å². The molecule has 2 aromatic carbocycles. The van der Waals surface area contributed by atoms with Crippen LogP contribution in [0, 0.1) is 0 Å². The van der Waals surface area contributed by atoms with Crippen molar-refractivity contribution in [2.24, 2.45) is 0 Å². The van der Waals surface area contributed by atoms with Gasteiger partial charge in [-0.15, -0.1) is 0 Å². The summed E-state index contributed by atoms with van der Waals surface area (Å²) in [5.41, 5.74) is 4.13. The summed E-state index contributed by atoms with van der Waals surface area (Å²) in [5, 5.41) is 8.91. The van der Waals surface area contributed by atoms with Gasteiger partial charge in [0, 0.05) is 24.7 Å². The van der Waals surface area contributed by atoms with Crippen molar-refractivity contribution in [1.29, 1.82) is 0 Å². The molecule has 1 heterocycles. The predicted octanol–water partition coefficient (Wildman–Crippen LogP) is 4.18. The van der Waals surface area contributed by atoms with Crippen molar-refractivity contribution in [3.63, 3.8) is 0 Å². The third kappa shape index (κ3) is 3.96. The Morgan fingerprint density at radius 1 is 0.783 bits per heavy atom. The highest BCUT2D eigenvalue weighted by Gasteiger charge is 2.07. The van der Waals surface area contributed by atoms with Crippen LogP contribution >= 0.6 is 0 Å². The fourth-order valence-corrected chi connectivity index (χ4v) is 2.37. The molecule has 0 radical (unpaired) electrons. The largest absolute Gasteiger partial charge is 0.478 e. The lowest BCUT2D eigenvalue weighted by Crippen LogP contribution is -2.02. The number of benzene rings is 2. The molecule has 23 heavy (non-hydrogen) atoms. The standard InChI is InChI=1S/C20H19NO2/c22-12-7-13-23-20-15-18(16-8-3-1-4-9-16)14-19(21-20)17-10-5-2-6-11-17/h1-6,8-11,14-15,22H,7,12-13H2. The normalized spacial score (nSPS) is 10.5. The van der Waals surface area contributed by atoms with Crippen molar-refractivity contribution < 1.29 is 9.84 Å². The van der Waals surface area contributed by atoms with E-state index >= 15 is 0 Å². The molecule has 0 unspecified atom stereocenters. The Morgan fingerprint density at radius 2 is 1.43 bits per heavy atom. The van der Waals surface area contributed by atoms with Crippen LogP contribution in [-0.2, 0) is 0 Å². The van der Waals surface area contributed by atoms with Gasteiger partial charge in [0.1, 0.15) is 0 Å². The van der Waals surface area contributed by atoms with Crippen LogP contribution in [0.15, 0.2) is 72.8 Å². The molecule has 0 saturated carbocycles. The molecule has 0 aliphatic heterocycles. The Bertz CT molecular complexity index is 684. The molecule has 1 aromatic heterocycles. The number of rotatable bonds is 6. The van der Waals surface area contributed by atoms with E-state index in [4.69, 9.17) is 9.84 Å². The van der Waals surface area contributed by atoms with Gasteiger partial charge in [-0.3, -0.25) is 0 Å². The van der Waals surface area contributed by atoms with Crippen LogP contribution in [0.25, 0.3) is 22.4 Å². The number of aliphatic hydroxyl groups excluding tert-OH is 1. The van der Waals surface area contributed by atoms with Crippen molar-refractivity contribution in [2.75, 3.05) is 13.2 Å². The van der Waals surface area contributed by atoms with Gasteiger partial charge in [-0.1, -0.05) is 60.7 Å². The topological polar surface area (TPSA) is 42.4 Å². The Morgan fingerprint density at radius 3 is 2.09 bits per heavy atom. The monoisotopic (exact) mass is 305 g/mol. The second-order valence-corrected chi connectivity index (χ2v) is 5.24. The summed E-state index contributed by atoms with van der Waals surface area (Å²) in [7, 11) is 0. The summed E-state index contributed by atoms with van der Waals surface area (Å²) >= 11 is 0. The van der Waals surface area contributed by atoms with Crippen LogP contribution in [0.4, 0.5) is 0 Å². The number of aromatic nitrogens is 1. The van der Waals surface area contributed by atoms with E-state index in [0.717, 1.165) is 22.4 Å². The molecule has 3 heteroatoms. The van der Waals surface area contributed by atoms with E-state index in [2.05, 4.69) is 23.2 Å². The van der Waals surface area contributed by atoms with Crippen molar-refractivity contribution >= 4 is 0 Å². The number of hydrogen-bond acceptors (Lipinski definition) is 3. The number of ether oxygens (including phenoxy) is 1. The quantitative estimate of drug-likeness (QED) is 0.695. The molecular formula is C20H19NO2. The van der Waals surface area contributed by atoms with Crippen molar-refractivity contribution in [3.05, 3.63) is 72.8 Å². The van der Waals surface area contributed by atoms with Gasteiger partial charge in [-0.25, -0.2) is 4.98 Å². The van der Waals surface area contributed by atoms with Crippen LogP contribution in [0.3, 0.4) is 0 Å². The molecule has 0 aliphatic carbocycles. The molecule has 3 nitrogen and oxygen atoms in total. The van der Waals surface area contributed by atoms with E-state index in [1.807, 2.05) is 54.6 Å². The minimum atomic E-state index is 0.115. The average molecular weight is 305 g/mol. The Labute approximate surface area is 136 Å². The van der Waals surface area contributed by atoms with E-state index < -0.39 is 0 Å². The highest BCUT2D eigenvalue weighted by Crippen LogP contribution is 2.28. The molecular weight excluding hydrogens is 286 g/mol. The lowest BCUT2D eigenvalue weighted by molar-refractivity contribution is 0.229. The average Bonchev–Trinajstić information content (AvgIpc) is 2.63. The highest BCUT2D eigenvalue weighted by atomic mass is 16.5. The van der Waals surface area contributed by atoms with Crippen LogP contribution < -0.4 is 4.74 Å². The summed E-state index contributed by atoms with van der Waals surface area (Å²) in [6.07, 6.45) is 0.595. The molecule has 116 valence electrons. The maximum absolute atomic E-state index is 8.91.